The summed E-state index contributed by atoms with van der Waals surface area (Å²) in [6.07, 6.45) is 0.756. The highest BCUT2D eigenvalue weighted by molar-refractivity contribution is 7.91. The molecule has 0 spiro atoms. The van der Waals surface area contributed by atoms with Crippen LogP contribution in [0.4, 0.5) is 0 Å². The van der Waals surface area contributed by atoms with Gasteiger partial charge in [0.25, 0.3) is 0 Å². The van der Waals surface area contributed by atoms with E-state index in [1.807, 2.05) is 24.6 Å². The van der Waals surface area contributed by atoms with Crippen LogP contribution in [0, 0.1) is 24.2 Å². The number of nitrogens with one attached hydrogen (secondary N) is 1. The summed E-state index contributed by atoms with van der Waals surface area (Å²) in [5.41, 5.74) is 2.82. The second-order valence-corrected chi connectivity index (χ2v) is 7.44. The summed E-state index contributed by atoms with van der Waals surface area (Å²) in [5, 5.41) is 12.3. The van der Waals surface area contributed by atoms with Crippen LogP contribution >= 0.6 is 0 Å². The molecular formula is C13H19N3O2S. The second-order valence-electron chi connectivity index (χ2n) is 5.21. The first-order chi connectivity index (χ1) is 8.93. The van der Waals surface area contributed by atoms with Gasteiger partial charge >= 0.3 is 0 Å². The molecule has 2 rings (SSSR count). The first kappa shape index (κ1) is 14.1. The fourth-order valence-corrected chi connectivity index (χ4v) is 4.35. The van der Waals surface area contributed by atoms with Crippen molar-refractivity contribution in [1.29, 1.82) is 5.26 Å². The Morgan fingerprint density at radius 3 is 2.84 bits per heavy atom. The number of nitrogens with zero attached hydrogens (tertiary/aromatic N) is 2. The maximum atomic E-state index is 11.3. The first-order valence-corrected chi connectivity index (χ1v) is 8.21. The van der Waals surface area contributed by atoms with E-state index < -0.39 is 9.84 Å². The van der Waals surface area contributed by atoms with Gasteiger partial charge in [0.15, 0.2) is 9.84 Å². The molecule has 104 valence electrons. The maximum absolute atomic E-state index is 11.3. The van der Waals surface area contributed by atoms with Gasteiger partial charge in [0.2, 0.25) is 0 Å². The molecule has 0 amide bonds. The zero-order valence-corrected chi connectivity index (χ0v) is 12.1. The average Bonchev–Trinajstić information content (AvgIpc) is 2.83. The molecule has 5 nitrogen and oxygen atoms in total. The predicted octanol–water partition coefficient (Wildman–Crippen LogP) is 0.729. The molecule has 0 aromatic carbocycles. The molecular weight excluding hydrogens is 262 g/mol. The number of sulfone groups is 1. The number of hydrogen-bond acceptors (Lipinski definition) is 4. The summed E-state index contributed by atoms with van der Waals surface area (Å²) in [6.45, 7) is 3.38. The normalized spacial score (nSPS) is 21.4. The Morgan fingerprint density at radius 2 is 2.32 bits per heavy atom. The van der Waals surface area contributed by atoms with Crippen LogP contribution < -0.4 is 5.32 Å². The Labute approximate surface area is 114 Å². The lowest BCUT2D eigenvalue weighted by Crippen LogP contribution is -2.23. The first-order valence-electron chi connectivity index (χ1n) is 6.39. The Kier molecular flexibility index (Phi) is 3.97. The Balaban J connectivity index is 1.89. The van der Waals surface area contributed by atoms with Gasteiger partial charge in [-0.25, -0.2) is 8.42 Å². The van der Waals surface area contributed by atoms with E-state index in [4.69, 9.17) is 5.26 Å². The van der Waals surface area contributed by atoms with E-state index in [2.05, 4.69) is 11.4 Å². The molecule has 1 aromatic rings. The number of aromatic nitrogens is 1. The van der Waals surface area contributed by atoms with Crippen molar-refractivity contribution in [2.24, 2.45) is 13.0 Å². The van der Waals surface area contributed by atoms with Gasteiger partial charge in [-0.15, -0.1) is 0 Å². The molecule has 1 unspecified atom stereocenters. The molecule has 1 fully saturated rings. The molecule has 1 aliphatic heterocycles. The van der Waals surface area contributed by atoms with Gasteiger partial charge in [-0.05, 0) is 37.4 Å². The third kappa shape index (κ3) is 3.17. The van der Waals surface area contributed by atoms with E-state index in [9.17, 15) is 8.42 Å². The van der Waals surface area contributed by atoms with Crippen LogP contribution in [0.25, 0.3) is 0 Å². The minimum absolute atomic E-state index is 0.226. The average molecular weight is 281 g/mol. The van der Waals surface area contributed by atoms with E-state index in [-0.39, 0.29) is 5.92 Å². The predicted molar refractivity (Wildman–Crippen MR) is 73.3 cm³/mol. The van der Waals surface area contributed by atoms with Crippen molar-refractivity contribution in [3.8, 4) is 6.07 Å². The minimum Gasteiger partial charge on any atom is -0.340 e. The molecule has 1 atom stereocenters. The molecule has 0 bridgehead atoms. The number of nitriles is 1. The van der Waals surface area contributed by atoms with Crippen LogP contribution in [0.3, 0.4) is 0 Å². The fourth-order valence-electron chi connectivity index (χ4n) is 2.49. The largest absolute Gasteiger partial charge is 0.340 e. The van der Waals surface area contributed by atoms with Gasteiger partial charge in [-0.2, -0.15) is 5.26 Å². The van der Waals surface area contributed by atoms with Gasteiger partial charge in [0.05, 0.1) is 11.5 Å². The fraction of sp³-hybridized carbons (Fsp3) is 0.615. The summed E-state index contributed by atoms with van der Waals surface area (Å²) in [7, 11) is -0.916. The quantitative estimate of drug-likeness (QED) is 0.883. The lowest BCUT2D eigenvalue weighted by Gasteiger charge is -2.09. The Bertz CT molecular complexity index is 611. The molecule has 19 heavy (non-hydrogen) atoms. The van der Waals surface area contributed by atoms with Crippen molar-refractivity contribution in [3.63, 3.8) is 0 Å². The van der Waals surface area contributed by atoms with E-state index in [1.165, 1.54) is 0 Å². The van der Waals surface area contributed by atoms with Gasteiger partial charge in [-0.3, -0.25) is 0 Å². The van der Waals surface area contributed by atoms with E-state index >= 15 is 0 Å². The summed E-state index contributed by atoms with van der Waals surface area (Å²) >= 11 is 0. The summed E-state index contributed by atoms with van der Waals surface area (Å²) < 4.78 is 24.6. The van der Waals surface area contributed by atoms with E-state index in [0.717, 1.165) is 24.2 Å². The van der Waals surface area contributed by atoms with Crippen molar-refractivity contribution < 1.29 is 8.42 Å². The zero-order chi connectivity index (χ0) is 14.0. The van der Waals surface area contributed by atoms with Gasteiger partial charge in [0, 0.05) is 19.3 Å². The minimum atomic E-state index is -2.79. The van der Waals surface area contributed by atoms with Crippen LogP contribution in [-0.4, -0.2) is 31.0 Å². The highest BCUT2D eigenvalue weighted by atomic mass is 32.2. The van der Waals surface area contributed by atoms with Crippen LogP contribution in [0.15, 0.2) is 6.07 Å². The summed E-state index contributed by atoms with van der Waals surface area (Å²) in [4.78, 5) is 0. The van der Waals surface area contributed by atoms with Crippen molar-refractivity contribution in [3.05, 3.63) is 23.0 Å². The number of hydrogen-bond donors (Lipinski definition) is 1. The molecule has 6 heteroatoms. The molecule has 1 N–H and O–H groups in total. The molecule has 2 heterocycles. The smallest absolute Gasteiger partial charge is 0.150 e. The molecule has 1 saturated heterocycles. The van der Waals surface area contributed by atoms with Crippen molar-refractivity contribution in [2.45, 2.75) is 19.9 Å². The van der Waals surface area contributed by atoms with Gasteiger partial charge in [-0.1, -0.05) is 0 Å². The third-order valence-corrected chi connectivity index (χ3v) is 5.67. The molecule has 1 aliphatic rings. The maximum Gasteiger partial charge on any atom is 0.150 e. The van der Waals surface area contributed by atoms with Crippen LogP contribution in [-0.2, 0) is 23.4 Å². The lowest BCUT2D eigenvalue weighted by atomic mass is 10.1. The van der Waals surface area contributed by atoms with Crippen LogP contribution in [0.2, 0.25) is 0 Å². The summed E-state index contributed by atoms with van der Waals surface area (Å²) in [5.74, 6) is 0.851. The van der Waals surface area contributed by atoms with Crippen LogP contribution in [0.5, 0.6) is 0 Å². The Morgan fingerprint density at radius 1 is 1.58 bits per heavy atom. The third-order valence-electron chi connectivity index (χ3n) is 3.83. The van der Waals surface area contributed by atoms with Crippen LogP contribution in [0.1, 0.15) is 23.4 Å². The second kappa shape index (κ2) is 5.35. The highest BCUT2D eigenvalue weighted by Gasteiger charge is 2.27. The number of rotatable bonds is 4. The standard InChI is InChI=1S/C13H19N3O2S/c1-10-12(5-13(6-14)16(10)2)8-15-7-11-3-4-19(17,18)9-11/h5,11,15H,3-4,7-9H2,1-2H3. The highest BCUT2D eigenvalue weighted by Crippen LogP contribution is 2.18. The molecule has 0 saturated carbocycles. The molecule has 1 aromatic heterocycles. The van der Waals surface area contributed by atoms with Crippen molar-refractivity contribution in [1.82, 2.24) is 9.88 Å². The monoisotopic (exact) mass is 281 g/mol. The SMILES string of the molecule is Cc1c(CNCC2CCS(=O)(=O)C2)cc(C#N)n1C. The lowest BCUT2D eigenvalue weighted by molar-refractivity contribution is 0.520. The van der Waals surface area contributed by atoms with E-state index in [0.29, 0.717) is 23.7 Å². The zero-order valence-electron chi connectivity index (χ0n) is 11.3. The van der Waals surface area contributed by atoms with Crippen molar-refractivity contribution >= 4 is 9.84 Å². The van der Waals surface area contributed by atoms with Gasteiger partial charge in [0.1, 0.15) is 11.8 Å². The van der Waals surface area contributed by atoms with E-state index in [1.54, 1.807) is 0 Å². The van der Waals surface area contributed by atoms with Gasteiger partial charge < -0.3 is 9.88 Å². The molecule has 0 radical (unpaired) electrons. The topological polar surface area (TPSA) is 74.9 Å². The summed E-state index contributed by atoms with van der Waals surface area (Å²) in [6, 6.07) is 4.04. The van der Waals surface area contributed by atoms with Crippen molar-refractivity contribution in [2.75, 3.05) is 18.1 Å². The molecule has 0 aliphatic carbocycles. The Hall–Kier alpha value is -1.32.